The van der Waals surface area contributed by atoms with Gasteiger partial charge in [0.25, 0.3) is 5.91 Å². The van der Waals surface area contributed by atoms with Crippen LogP contribution in [0.2, 0.25) is 5.02 Å². The van der Waals surface area contributed by atoms with Crippen LogP contribution >= 0.6 is 27.5 Å². The number of carbonyl (C=O) groups excluding carboxylic acids is 1. The van der Waals surface area contributed by atoms with Gasteiger partial charge < -0.3 is 9.88 Å². The Labute approximate surface area is 119 Å². The number of nitrogens with zero attached hydrogens (tertiary/aromatic N) is 1. The smallest absolute Gasteiger partial charge is 0.272 e. The summed E-state index contributed by atoms with van der Waals surface area (Å²) in [6.07, 6.45) is 1.88. The van der Waals surface area contributed by atoms with Gasteiger partial charge in [-0.05, 0) is 53.2 Å². The molecule has 0 spiro atoms. The number of anilines is 1. The molecule has 0 saturated carbocycles. The Morgan fingerprint density at radius 3 is 2.89 bits per heavy atom. The van der Waals surface area contributed by atoms with E-state index in [0.29, 0.717) is 16.4 Å². The molecule has 3 nitrogen and oxygen atoms in total. The van der Waals surface area contributed by atoms with E-state index >= 15 is 0 Å². The zero-order valence-corrected chi connectivity index (χ0v) is 12.1. The number of hydrogen-bond donors (Lipinski definition) is 1. The van der Waals surface area contributed by atoms with Crippen molar-refractivity contribution in [2.75, 3.05) is 5.32 Å². The molecule has 0 aliphatic heterocycles. The predicted molar refractivity (Wildman–Crippen MR) is 77.2 cm³/mol. The summed E-state index contributed by atoms with van der Waals surface area (Å²) in [7, 11) is 0. The summed E-state index contributed by atoms with van der Waals surface area (Å²) in [6, 6.07) is 8.96. The summed E-state index contributed by atoms with van der Waals surface area (Å²) < 4.78 is 2.69. The average molecular weight is 328 g/mol. The fourth-order valence-electron chi connectivity index (χ4n) is 1.66. The van der Waals surface area contributed by atoms with Crippen molar-refractivity contribution in [3.63, 3.8) is 0 Å². The SMILES string of the molecule is CCn1cccc1C(=O)Nc1ccc(Br)c(Cl)c1. The summed E-state index contributed by atoms with van der Waals surface area (Å²) in [6.45, 7) is 2.75. The lowest BCUT2D eigenvalue weighted by Crippen LogP contribution is -2.16. The topological polar surface area (TPSA) is 34.0 Å². The zero-order valence-electron chi connectivity index (χ0n) is 9.78. The van der Waals surface area contributed by atoms with Crippen molar-refractivity contribution in [2.24, 2.45) is 0 Å². The van der Waals surface area contributed by atoms with Crippen LogP contribution in [0.5, 0.6) is 0 Å². The number of rotatable bonds is 3. The maximum atomic E-state index is 12.1. The van der Waals surface area contributed by atoms with Gasteiger partial charge in [0, 0.05) is 22.9 Å². The van der Waals surface area contributed by atoms with E-state index in [9.17, 15) is 4.79 Å². The van der Waals surface area contributed by atoms with Gasteiger partial charge in [-0.2, -0.15) is 0 Å². The fraction of sp³-hybridized carbons (Fsp3) is 0.154. The van der Waals surface area contributed by atoms with Gasteiger partial charge in [-0.25, -0.2) is 0 Å². The molecule has 0 aliphatic rings. The molecule has 2 rings (SSSR count). The van der Waals surface area contributed by atoms with Crippen molar-refractivity contribution < 1.29 is 4.79 Å². The Kier molecular flexibility index (Phi) is 4.09. The van der Waals surface area contributed by atoms with Crippen LogP contribution in [-0.2, 0) is 6.54 Å². The molecule has 0 fully saturated rings. The lowest BCUT2D eigenvalue weighted by molar-refractivity contribution is 0.101. The van der Waals surface area contributed by atoms with Gasteiger partial charge in [0.15, 0.2) is 0 Å². The molecule has 18 heavy (non-hydrogen) atoms. The summed E-state index contributed by atoms with van der Waals surface area (Å²) in [5.74, 6) is -0.139. The van der Waals surface area contributed by atoms with Crippen LogP contribution in [0.4, 0.5) is 5.69 Å². The number of aromatic nitrogens is 1. The van der Waals surface area contributed by atoms with Gasteiger partial charge in [-0.15, -0.1) is 0 Å². The highest BCUT2D eigenvalue weighted by molar-refractivity contribution is 9.10. The number of benzene rings is 1. The molecule has 0 radical (unpaired) electrons. The third kappa shape index (κ3) is 2.76. The largest absolute Gasteiger partial charge is 0.344 e. The quantitative estimate of drug-likeness (QED) is 0.901. The molecular weight excluding hydrogens is 316 g/mol. The second-order valence-electron chi connectivity index (χ2n) is 3.76. The van der Waals surface area contributed by atoms with Crippen LogP contribution in [0.3, 0.4) is 0 Å². The number of halogens is 2. The van der Waals surface area contributed by atoms with Crippen LogP contribution in [-0.4, -0.2) is 10.5 Å². The first kappa shape index (κ1) is 13.2. The Balaban J connectivity index is 2.19. The van der Waals surface area contributed by atoms with Gasteiger partial charge in [0.05, 0.1) is 5.02 Å². The van der Waals surface area contributed by atoms with Crippen molar-refractivity contribution in [3.8, 4) is 0 Å². The predicted octanol–water partition coefficient (Wildman–Crippen LogP) is 4.18. The molecule has 1 aromatic carbocycles. The summed E-state index contributed by atoms with van der Waals surface area (Å²) in [5, 5.41) is 3.39. The molecule has 1 aromatic heterocycles. The van der Waals surface area contributed by atoms with Crippen LogP contribution in [0.25, 0.3) is 0 Å². The lowest BCUT2D eigenvalue weighted by atomic mass is 10.3. The van der Waals surface area contributed by atoms with E-state index in [2.05, 4.69) is 21.2 Å². The third-order valence-corrected chi connectivity index (χ3v) is 3.81. The molecule has 1 N–H and O–H groups in total. The molecule has 0 bridgehead atoms. The van der Waals surface area contributed by atoms with E-state index in [1.54, 1.807) is 24.3 Å². The number of nitrogens with one attached hydrogen (secondary N) is 1. The fourth-order valence-corrected chi connectivity index (χ4v) is 2.09. The minimum Gasteiger partial charge on any atom is -0.344 e. The molecule has 2 aromatic rings. The first-order chi connectivity index (χ1) is 8.61. The first-order valence-corrected chi connectivity index (χ1v) is 6.70. The van der Waals surface area contributed by atoms with E-state index in [-0.39, 0.29) is 5.91 Å². The first-order valence-electron chi connectivity index (χ1n) is 5.53. The molecule has 94 valence electrons. The van der Waals surface area contributed by atoms with E-state index in [1.807, 2.05) is 23.8 Å². The normalized spacial score (nSPS) is 10.4. The van der Waals surface area contributed by atoms with E-state index < -0.39 is 0 Å². The standard InChI is InChI=1S/C13H12BrClN2O/c1-2-17-7-3-4-12(17)13(18)16-9-5-6-10(14)11(15)8-9/h3-8H,2H2,1H3,(H,16,18). The van der Waals surface area contributed by atoms with Crippen molar-refractivity contribution in [3.05, 3.63) is 51.7 Å². The van der Waals surface area contributed by atoms with Crippen LogP contribution in [0, 0.1) is 0 Å². The highest BCUT2D eigenvalue weighted by Crippen LogP contribution is 2.25. The minimum atomic E-state index is -0.139. The summed E-state index contributed by atoms with van der Waals surface area (Å²) in [4.78, 5) is 12.1. The maximum absolute atomic E-state index is 12.1. The second-order valence-corrected chi connectivity index (χ2v) is 5.02. The van der Waals surface area contributed by atoms with Crippen molar-refractivity contribution in [1.29, 1.82) is 0 Å². The molecular formula is C13H12BrClN2O. The number of amides is 1. The average Bonchev–Trinajstić information content (AvgIpc) is 2.82. The molecule has 5 heteroatoms. The van der Waals surface area contributed by atoms with Crippen LogP contribution in [0.15, 0.2) is 41.0 Å². The molecule has 0 saturated heterocycles. The Hall–Kier alpha value is -1.26. The Morgan fingerprint density at radius 1 is 1.44 bits per heavy atom. The molecule has 1 amide bonds. The van der Waals surface area contributed by atoms with E-state index in [4.69, 9.17) is 11.6 Å². The van der Waals surface area contributed by atoms with Gasteiger partial charge >= 0.3 is 0 Å². The number of carbonyl (C=O) groups is 1. The summed E-state index contributed by atoms with van der Waals surface area (Å²) >= 11 is 9.29. The minimum absolute atomic E-state index is 0.139. The van der Waals surface area contributed by atoms with Crippen LogP contribution in [0.1, 0.15) is 17.4 Å². The van der Waals surface area contributed by atoms with Crippen molar-refractivity contribution in [1.82, 2.24) is 4.57 Å². The van der Waals surface area contributed by atoms with Crippen molar-refractivity contribution in [2.45, 2.75) is 13.5 Å². The highest BCUT2D eigenvalue weighted by Gasteiger charge is 2.10. The highest BCUT2D eigenvalue weighted by atomic mass is 79.9. The van der Waals surface area contributed by atoms with Gasteiger partial charge in [0.1, 0.15) is 5.69 Å². The zero-order chi connectivity index (χ0) is 13.1. The molecule has 1 heterocycles. The second kappa shape index (κ2) is 5.59. The number of aryl methyl sites for hydroxylation is 1. The van der Waals surface area contributed by atoms with Gasteiger partial charge in [-0.3, -0.25) is 4.79 Å². The van der Waals surface area contributed by atoms with E-state index in [0.717, 1.165) is 11.0 Å². The van der Waals surface area contributed by atoms with Gasteiger partial charge in [-0.1, -0.05) is 11.6 Å². The molecule has 0 aliphatic carbocycles. The number of hydrogen-bond acceptors (Lipinski definition) is 1. The third-order valence-electron chi connectivity index (χ3n) is 2.58. The van der Waals surface area contributed by atoms with Crippen molar-refractivity contribution >= 4 is 39.1 Å². The Morgan fingerprint density at radius 2 is 2.22 bits per heavy atom. The lowest BCUT2D eigenvalue weighted by Gasteiger charge is -2.08. The maximum Gasteiger partial charge on any atom is 0.272 e. The monoisotopic (exact) mass is 326 g/mol. The Bertz CT molecular complexity index is 580. The molecule has 0 atom stereocenters. The molecule has 0 unspecified atom stereocenters. The summed E-state index contributed by atoms with van der Waals surface area (Å²) in [5.41, 5.74) is 1.31. The van der Waals surface area contributed by atoms with Crippen LogP contribution < -0.4 is 5.32 Å². The van der Waals surface area contributed by atoms with E-state index in [1.165, 1.54) is 0 Å². The van der Waals surface area contributed by atoms with Gasteiger partial charge in [0.2, 0.25) is 0 Å².